The van der Waals surface area contributed by atoms with Crippen molar-refractivity contribution in [3.63, 3.8) is 0 Å². The van der Waals surface area contributed by atoms with E-state index in [9.17, 15) is 9.59 Å². The van der Waals surface area contributed by atoms with E-state index in [1.807, 2.05) is 29.2 Å². The number of carbonyl (C=O) groups excluding carboxylic acids is 2. The summed E-state index contributed by atoms with van der Waals surface area (Å²) < 4.78 is 5.20. The Balaban J connectivity index is 1.52. The molecule has 132 valence electrons. The molecule has 2 amide bonds. The second-order valence-corrected chi connectivity index (χ2v) is 6.29. The molecule has 0 aliphatic carbocycles. The molecule has 0 radical (unpaired) electrons. The molecule has 1 aliphatic heterocycles. The molecule has 1 aliphatic rings. The highest BCUT2D eigenvalue weighted by Crippen LogP contribution is 2.19. The predicted octanol–water partition coefficient (Wildman–Crippen LogP) is 2.82. The summed E-state index contributed by atoms with van der Waals surface area (Å²) in [7, 11) is 0. The quantitative estimate of drug-likeness (QED) is 0.713. The van der Waals surface area contributed by atoms with Crippen molar-refractivity contribution in [2.45, 2.75) is 6.42 Å². The molecule has 6 heteroatoms. The number of amides is 2. The second kappa shape index (κ2) is 7.00. The predicted molar refractivity (Wildman–Crippen MR) is 96.9 cm³/mol. The van der Waals surface area contributed by atoms with Crippen LogP contribution in [-0.4, -0.2) is 52.8 Å². The van der Waals surface area contributed by atoms with Gasteiger partial charge < -0.3 is 14.2 Å². The van der Waals surface area contributed by atoms with Crippen LogP contribution in [0.1, 0.15) is 27.3 Å². The van der Waals surface area contributed by atoms with Crippen molar-refractivity contribution in [1.29, 1.82) is 0 Å². The van der Waals surface area contributed by atoms with Crippen LogP contribution < -0.4 is 0 Å². The zero-order valence-corrected chi connectivity index (χ0v) is 14.3. The van der Waals surface area contributed by atoms with Crippen LogP contribution in [0.15, 0.2) is 59.3 Å². The fourth-order valence-corrected chi connectivity index (χ4v) is 3.33. The molecule has 0 N–H and O–H groups in total. The lowest BCUT2D eigenvalue weighted by Crippen LogP contribution is -2.37. The van der Waals surface area contributed by atoms with Crippen molar-refractivity contribution in [3.05, 3.63) is 66.2 Å². The summed E-state index contributed by atoms with van der Waals surface area (Å²) >= 11 is 0. The Hall–Kier alpha value is -3.15. The standard InChI is InChI=1S/C20H19N3O3/c24-19(16-8-9-21-17-6-2-1-5-15(16)17)22-10-4-11-23(13-12-22)20(25)18-7-3-14-26-18/h1-3,5-9,14H,4,10-13H2. The molecule has 26 heavy (non-hydrogen) atoms. The van der Waals surface area contributed by atoms with Gasteiger partial charge in [0.25, 0.3) is 11.8 Å². The third-order valence-electron chi connectivity index (χ3n) is 4.68. The largest absolute Gasteiger partial charge is 0.459 e. The van der Waals surface area contributed by atoms with E-state index in [2.05, 4.69) is 4.98 Å². The maximum atomic E-state index is 13.0. The highest BCUT2D eigenvalue weighted by Gasteiger charge is 2.25. The van der Waals surface area contributed by atoms with Gasteiger partial charge in [-0.1, -0.05) is 18.2 Å². The maximum absolute atomic E-state index is 13.0. The minimum Gasteiger partial charge on any atom is -0.459 e. The Bertz CT molecular complexity index is 931. The summed E-state index contributed by atoms with van der Waals surface area (Å²) in [4.78, 5) is 33.4. The monoisotopic (exact) mass is 349 g/mol. The zero-order valence-electron chi connectivity index (χ0n) is 14.3. The first-order valence-electron chi connectivity index (χ1n) is 8.70. The lowest BCUT2D eigenvalue weighted by molar-refractivity contribution is 0.0701. The molecule has 0 atom stereocenters. The van der Waals surface area contributed by atoms with Gasteiger partial charge in [-0.15, -0.1) is 0 Å². The first-order valence-corrected chi connectivity index (χ1v) is 8.70. The van der Waals surface area contributed by atoms with Crippen LogP contribution in [0.5, 0.6) is 0 Å². The van der Waals surface area contributed by atoms with Crippen molar-refractivity contribution in [2.75, 3.05) is 26.2 Å². The smallest absolute Gasteiger partial charge is 0.289 e. The van der Waals surface area contributed by atoms with Gasteiger partial charge in [-0.3, -0.25) is 14.6 Å². The lowest BCUT2D eigenvalue weighted by atomic mass is 10.1. The fraction of sp³-hybridized carbons (Fsp3) is 0.250. The van der Waals surface area contributed by atoms with Crippen LogP contribution in [0.2, 0.25) is 0 Å². The highest BCUT2D eigenvalue weighted by molar-refractivity contribution is 6.06. The minimum atomic E-state index is -0.126. The van der Waals surface area contributed by atoms with Gasteiger partial charge >= 0.3 is 0 Å². The van der Waals surface area contributed by atoms with E-state index >= 15 is 0 Å². The molecular formula is C20H19N3O3. The van der Waals surface area contributed by atoms with E-state index in [0.717, 1.165) is 17.3 Å². The number of hydrogen-bond acceptors (Lipinski definition) is 4. The summed E-state index contributed by atoms with van der Waals surface area (Å²) in [5, 5.41) is 0.854. The van der Waals surface area contributed by atoms with Crippen molar-refractivity contribution < 1.29 is 14.0 Å². The van der Waals surface area contributed by atoms with Gasteiger partial charge in [0.1, 0.15) is 0 Å². The lowest BCUT2D eigenvalue weighted by Gasteiger charge is -2.22. The van der Waals surface area contributed by atoms with Crippen LogP contribution >= 0.6 is 0 Å². The molecule has 2 aromatic heterocycles. The minimum absolute atomic E-state index is 0.0177. The Kier molecular flexibility index (Phi) is 4.39. The molecule has 3 aromatic rings. The zero-order chi connectivity index (χ0) is 17.9. The Morgan fingerprint density at radius 3 is 2.42 bits per heavy atom. The first-order chi connectivity index (χ1) is 12.7. The molecule has 1 aromatic carbocycles. The fourth-order valence-electron chi connectivity index (χ4n) is 3.33. The Morgan fingerprint density at radius 1 is 0.885 bits per heavy atom. The van der Waals surface area contributed by atoms with Crippen LogP contribution in [0.3, 0.4) is 0 Å². The number of furan rings is 1. The number of pyridine rings is 1. The SMILES string of the molecule is O=C(c1ccco1)N1CCCN(C(=O)c2ccnc3ccccc23)CC1. The maximum Gasteiger partial charge on any atom is 0.289 e. The van der Waals surface area contributed by atoms with Crippen molar-refractivity contribution in [1.82, 2.24) is 14.8 Å². The van der Waals surface area contributed by atoms with Gasteiger partial charge in [0.05, 0.1) is 17.3 Å². The Morgan fingerprint density at radius 2 is 1.65 bits per heavy atom. The molecule has 6 nitrogen and oxygen atoms in total. The van der Waals surface area contributed by atoms with Crippen molar-refractivity contribution in [2.24, 2.45) is 0 Å². The number of hydrogen-bond donors (Lipinski definition) is 0. The third-order valence-corrected chi connectivity index (χ3v) is 4.68. The van der Waals surface area contributed by atoms with Crippen LogP contribution in [-0.2, 0) is 0 Å². The average Bonchev–Trinajstić information content (AvgIpc) is 3.11. The summed E-state index contributed by atoms with van der Waals surface area (Å²) in [6, 6.07) is 12.8. The highest BCUT2D eigenvalue weighted by atomic mass is 16.3. The van der Waals surface area contributed by atoms with E-state index in [1.165, 1.54) is 6.26 Å². The average molecular weight is 349 g/mol. The number of benzene rings is 1. The second-order valence-electron chi connectivity index (χ2n) is 6.29. The third kappa shape index (κ3) is 3.06. The van der Waals surface area contributed by atoms with Gasteiger partial charge in [-0.2, -0.15) is 0 Å². The molecule has 4 rings (SSSR count). The summed E-state index contributed by atoms with van der Waals surface area (Å²) in [6.07, 6.45) is 3.90. The number of para-hydroxylation sites is 1. The van der Waals surface area contributed by atoms with E-state index in [0.29, 0.717) is 37.5 Å². The van der Waals surface area contributed by atoms with Gasteiger partial charge in [0.15, 0.2) is 5.76 Å². The van der Waals surface area contributed by atoms with Crippen molar-refractivity contribution in [3.8, 4) is 0 Å². The molecule has 0 spiro atoms. The molecule has 0 unspecified atom stereocenters. The molecular weight excluding hydrogens is 330 g/mol. The van der Waals surface area contributed by atoms with E-state index < -0.39 is 0 Å². The van der Waals surface area contributed by atoms with E-state index in [4.69, 9.17) is 4.42 Å². The molecule has 0 bridgehead atoms. The number of rotatable bonds is 2. The van der Waals surface area contributed by atoms with Gasteiger partial charge in [0.2, 0.25) is 0 Å². The van der Waals surface area contributed by atoms with Crippen molar-refractivity contribution >= 4 is 22.7 Å². The molecule has 1 saturated heterocycles. The summed E-state index contributed by atoms with van der Waals surface area (Å²) in [5.74, 6) is 0.194. The first kappa shape index (κ1) is 16.3. The van der Waals surface area contributed by atoms with E-state index in [-0.39, 0.29) is 11.8 Å². The molecule has 1 fully saturated rings. The number of fused-ring (bicyclic) bond motifs is 1. The Labute approximate surface area is 151 Å². The van der Waals surface area contributed by atoms with Gasteiger partial charge in [0, 0.05) is 37.8 Å². The normalized spacial score (nSPS) is 15.1. The molecule has 0 saturated carbocycles. The topological polar surface area (TPSA) is 66.7 Å². The van der Waals surface area contributed by atoms with Gasteiger partial charge in [-0.05, 0) is 30.7 Å². The van der Waals surface area contributed by atoms with Crippen LogP contribution in [0.25, 0.3) is 10.9 Å². The number of nitrogens with zero attached hydrogens (tertiary/aromatic N) is 3. The van der Waals surface area contributed by atoms with Crippen LogP contribution in [0, 0.1) is 0 Å². The molecule has 3 heterocycles. The number of aromatic nitrogens is 1. The van der Waals surface area contributed by atoms with Gasteiger partial charge in [-0.25, -0.2) is 0 Å². The van der Waals surface area contributed by atoms with E-state index in [1.54, 1.807) is 29.3 Å². The summed E-state index contributed by atoms with van der Waals surface area (Å²) in [5.41, 5.74) is 1.46. The number of carbonyl (C=O) groups is 2. The van der Waals surface area contributed by atoms with Crippen LogP contribution in [0.4, 0.5) is 0 Å². The summed E-state index contributed by atoms with van der Waals surface area (Å²) in [6.45, 7) is 2.23.